The summed E-state index contributed by atoms with van der Waals surface area (Å²) < 4.78 is 5.67. The van der Waals surface area contributed by atoms with Crippen molar-refractivity contribution in [3.63, 3.8) is 0 Å². The van der Waals surface area contributed by atoms with Crippen molar-refractivity contribution < 1.29 is 4.74 Å². The summed E-state index contributed by atoms with van der Waals surface area (Å²) in [6.07, 6.45) is 2.58. The lowest BCUT2D eigenvalue weighted by Gasteiger charge is -2.11. The molecule has 0 aliphatic carbocycles. The number of fused-ring (bicyclic) bond motifs is 1. The van der Waals surface area contributed by atoms with Gasteiger partial charge in [-0.15, -0.1) is 0 Å². The second-order valence-corrected chi connectivity index (χ2v) is 5.29. The molecule has 0 fully saturated rings. The van der Waals surface area contributed by atoms with E-state index in [0.29, 0.717) is 5.92 Å². The molecule has 2 nitrogen and oxygen atoms in total. The van der Waals surface area contributed by atoms with Gasteiger partial charge in [-0.2, -0.15) is 0 Å². The molecule has 1 aromatic carbocycles. The van der Waals surface area contributed by atoms with Gasteiger partial charge in [0.05, 0.1) is 6.61 Å². The van der Waals surface area contributed by atoms with Crippen LogP contribution in [0.3, 0.4) is 0 Å². The Morgan fingerprint density at radius 2 is 2.18 bits per heavy atom. The van der Waals surface area contributed by atoms with E-state index in [-0.39, 0.29) is 0 Å². The third-order valence-corrected chi connectivity index (χ3v) is 3.32. The lowest BCUT2D eigenvalue weighted by molar-refractivity contribution is 0.326. The number of hydrogen-bond acceptors (Lipinski definition) is 2. The van der Waals surface area contributed by atoms with Crippen molar-refractivity contribution in [1.29, 1.82) is 0 Å². The molecule has 1 aliphatic heterocycles. The zero-order valence-electron chi connectivity index (χ0n) is 10.9. The molecule has 0 aromatic heterocycles. The fourth-order valence-corrected chi connectivity index (χ4v) is 2.31. The van der Waals surface area contributed by atoms with Crippen molar-refractivity contribution in [2.24, 2.45) is 5.92 Å². The van der Waals surface area contributed by atoms with Gasteiger partial charge in [0.1, 0.15) is 5.75 Å². The lowest BCUT2D eigenvalue weighted by atomic mass is 10.0. The molecule has 0 radical (unpaired) electrons. The van der Waals surface area contributed by atoms with Crippen LogP contribution in [-0.4, -0.2) is 19.7 Å². The standard InChI is InChI=1S/C15H23NO/c1-12(2)6-5-9-16-10-13-11-17-15-8-4-3-7-14(13)15/h3-4,7-8,12-13,16H,5-6,9-11H2,1-2H3. The van der Waals surface area contributed by atoms with Crippen LogP contribution in [0.2, 0.25) is 0 Å². The van der Waals surface area contributed by atoms with Crippen LogP contribution in [0.15, 0.2) is 24.3 Å². The first-order valence-corrected chi connectivity index (χ1v) is 6.70. The van der Waals surface area contributed by atoms with E-state index >= 15 is 0 Å². The van der Waals surface area contributed by atoms with E-state index in [0.717, 1.165) is 31.4 Å². The Morgan fingerprint density at radius 3 is 3.00 bits per heavy atom. The van der Waals surface area contributed by atoms with E-state index in [9.17, 15) is 0 Å². The highest BCUT2D eigenvalue weighted by Crippen LogP contribution is 2.32. The maximum Gasteiger partial charge on any atom is 0.122 e. The molecule has 0 amide bonds. The summed E-state index contributed by atoms with van der Waals surface area (Å²) in [5.74, 6) is 2.42. The molecular weight excluding hydrogens is 210 g/mol. The molecule has 94 valence electrons. The highest BCUT2D eigenvalue weighted by molar-refractivity contribution is 5.39. The van der Waals surface area contributed by atoms with Crippen molar-refractivity contribution in [1.82, 2.24) is 5.32 Å². The molecule has 2 heteroatoms. The molecule has 0 bridgehead atoms. The summed E-state index contributed by atoms with van der Waals surface area (Å²) in [5, 5.41) is 3.54. The number of ether oxygens (including phenoxy) is 1. The lowest BCUT2D eigenvalue weighted by Crippen LogP contribution is -2.23. The van der Waals surface area contributed by atoms with Crippen molar-refractivity contribution in [3.05, 3.63) is 29.8 Å². The fourth-order valence-electron chi connectivity index (χ4n) is 2.31. The number of para-hydroxylation sites is 1. The van der Waals surface area contributed by atoms with E-state index in [1.54, 1.807) is 0 Å². The summed E-state index contributed by atoms with van der Waals surface area (Å²) >= 11 is 0. The van der Waals surface area contributed by atoms with Crippen molar-refractivity contribution >= 4 is 0 Å². The van der Waals surface area contributed by atoms with Crippen molar-refractivity contribution in [2.45, 2.75) is 32.6 Å². The zero-order valence-corrected chi connectivity index (χ0v) is 10.9. The molecule has 1 atom stereocenters. The highest BCUT2D eigenvalue weighted by Gasteiger charge is 2.22. The van der Waals surface area contributed by atoms with E-state index in [4.69, 9.17) is 4.74 Å². The third kappa shape index (κ3) is 3.47. The van der Waals surface area contributed by atoms with E-state index in [2.05, 4.69) is 37.4 Å². The van der Waals surface area contributed by atoms with Crippen molar-refractivity contribution in [2.75, 3.05) is 19.7 Å². The number of rotatable bonds is 6. The molecule has 2 rings (SSSR count). The first-order valence-electron chi connectivity index (χ1n) is 6.70. The second kappa shape index (κ2) is 6.06. The van der Waals surface area contributed by atoms with Crippen LogP contribution in [0.4, 0.5) is 0 Å². The smallest absolute Gasteiger partial charge is 0.122 e. The van der Waals surface area contributed by atoms with E-state index < -0.39 is 0 Å². The van der Waals surface area contributed by atoms with E-state index in [1.807, 2.05) is 6.07 Å². The van der Waals surface area contributed by atoms with Crippen molar-refractivity contribution in [3.8, 4) is 5.75 Å². The SMILES string of the molecule is CC(C)CCCNCC1COc2ccccc21. The minimum atomic E-state index is 0.533. The molecular formula is C15H23NO. The Morgan fingerprint density at radius 1 is 1.35 bits per heavy atom. The van der Waals surface area contributed by atoms with Crippen LogP contribution in [0.5, 0.6) is 5.75 Å². The molecule has 0 spiro atoms. The predicted octanol–water partition coefficient (Wildman–Crippen LogP) is 3.19. The topological polar surface area (TPSA) is 21.3 Å². The van der Waals surface area contributed by atoms with Crippen LogP contribution in [0.1, 0.15) is 38.2 Å². The monoisotopic (exact) mass is 233 g/mol. The number of benzene rings is 1. The van der Waals surface area contributed by atoms with Gasteiger partial charge in [-0.25, -0.2) is 0 Å². The molecule has 1 heterocycles. The Balaban J connectivity index is 1.71. The van der Waals surface area contributed by atoms with Gasteiger partial charge in [0.25, 0.3) is 0 Å². The summed E-state index contributed by atoms with van der Waals surface area (Å²) in [7, 11) is 0. The first kappa shape index (κ1) is 12.4. The number of hydrogen-bond donors (Lipinski definition) is 1. The third-order valence-electron chi connectivity index (χ3n) is 3.32. The summed E-state index contributed by atoms with van der Waals surface area (Å²) in [6, 6.07) is 8.38. The van der Waals surface area contributed by atoms with Gasteiger partial charge in [-0.1, -0.05) is 32.0 Å². The summed E-state index contributed by atoms with van der Waals surface area (Å²) in [4.78, 5) is 0. The zero-order chi connectivity index (χ0) is 12.1. The Kier molecular flexibility index (Phi) is 4.43. The first-order chi connectivity index (χ1) is 8.27. The Hall–Kier alpha value is -1.02. The maximum absolute atomic E-state index is 5.67. The van der Waals surface area contributed by atoms with Gasteiger partial charge in [-0.05, 0) is 31.4 Å². The normalized spacial score (nSPS) is 18.2. The molecule has 17 heavy (non-hydrogen) atoms. The molecule has 0 saturated carbocycles. The molecule has 1 N–H and O–H groups in total. The summed E-state index contributed by atoms with van der Waals surface area (Å²) in [5.41, 5.74) is 1.36. The van der Waals surface area contributed by atoms with Crippen LogP contribution in [-0.2, 0) is 0 Å². The average molecular weight is 233 g/mol. The minimum absolute atomic E-state index is 0.533. The van der Waals surface area contributed by atoms with Gasteiger partial charge in [0, 0.05) is 18.0 Å². The van der Waals surface area contributed by atoms with Crippen LogP contribution in [0.25, 0.3) is 0 Å². The Labute approximate surface area is 104 Å². The Bertz CT molecular complexity index is 349. The van der Waals surface area contributed by atoms with Gasteiger partial charge < -0.3 is 10.1 Å². The largest absolute Gasteiger partial charge is 0.493 e. The van der Waals surface area contributed by atoms with E-state index in [1.165, 1.54) is 18.4 Å². The molecule has 1 aromatic rings. The fraction of sp³-hybridized carbons (Fsp3) is 0.600. The highest BCUT2D eigenvalue weighted by atomic mass is 16.5. The molecule has 1 aliphatic rings. The molecule has 1 unspecified atom stereocenters. The predicted molar refractivity (Wildman–Crippen MR) is 71.6 cm³/mol. The van der Waals surface area contributed by atoms with Crippen LogP contribution in [0, 0.1) is 5.92 Å². The number of nitrogens with one attached hydrogen (secondary N) is 1. The van der Waals surface area contributed by atoms with Gasteiger partial charge in [0.15, 0.2) is 0 Å². The minimum Gasteiger partial charge on any atom is -0.493 e. The second-order valence-electron chi connectivity index (χ2n) is 5.29. The van der Waals surface area contributed by atoms with Gasteiger partial charge in [0.2, 0.25) is 0 Å². The van der Waals surface area contributed by atoms with Gasteiger partial charge in [-0.3, -0.25) is 0 Å². The van der Waals surface area contributed by atoms with Crippen LogP contribution >= 0.6 is 0 Å². The quantitative estimate of drug-likeness (QED) is 0.762. The average Bonchev–Trinajstić information content (AvgIpc) is 2.72. The molecule has 0 saturated heterocycles. The van der Waals surface area contributed by atoms with Crippen LogP contribution < -0.4 is 10.1 Å². The van der Waals surface area contributed by atoms with Gasteiger partial charge >= 0.3 is 0 Å². The maximum atomic E-state index is 5.67. The summed E-state index contributed by atoms with van der Waals surface area (Å²) in [6.45, 7) is 7.55.